The summed E-state index contributed by atoms with van der Waals surface area (Å²) in [4.78, 5) is 10.3. The predicted molar refractivity (Wildman–Crippen MR) is 90.6 cm³/mol. The van der Waals surface area contributed by atoms with E-state index in [4.69, 9.17) is 0 Å². The second kappa shape index (κ2) is 7.26. The summed E-state index contributed by atoms with van der Waals surface area (Å²) in [6.45, 7) is 0.270. The Labute approximate surface area is 150 Å². The van der Waals surface area contributed by atoms with Crippen molar-refractivity contribution >= 4 is 28.4 Å². The smallest absolute Gasteiger partial charge is 0.319 e. The van der Waals surface area contributed by atoms with Gasteiger partial charge in [0.1, 0.15) is 5.69 Å². The molecule has 0 fully saturated rings. The van der Waals surface area contributed by atoms with Gasteiger partial charge >= 0.3 is 6.18 Å². The minimum absolute atomic E-state index is 0.0585. The molecule has 1 aliphatic rings. The first-order valence-electron chi connectivity index (χ1n) is 7.75. The van der Waals surface area contributed by atoms with Gasteiger partial charge in [0.15, 0.2) is 22.6 Å². The molecule has 2 heterocycles. The summed E-state index contributed by atoms with van der Waals surface area (Å²) in [5, 5.41) is 0.425. The van der Waals surface area contributed by atoms with Crippen LogP contribution in [0.1, 0.15) is 18.5 Å². The monoisotopic (exact) mass is 390 g/mol. The van der Waals surface area contributed by atoms with Crippen LogP contribution in [0.25, 0.3) is 0 Å². The number of amidine groups is 1. The molecule has 2 aromatic rings. The standard InChI is InChI=1S/C16H15F5N4S/c1-24-9-22-13-8-25(10-3-4-11(17)12(18)7-10)15(23-14(13)24)26-6-2-5-16(19,20)21/h3-4,7,9H,2,5-6,8H2,1H3. The third-order valence-electron chi connectivity index (χ3n) is 3.77. The van der Waals surface area contributed by atoms with Crippen LogP contribution in [-0.2, 0) is 13.6 Å². The van der Waals surface area contributed by atoms with Crippen LogP contribution in [0, 0.1) is 11.6 Å². The molecule has 0 radical (unpaired) electrons. The number of thioether (sulfide) groups is 1. The quantitative estimate of drug-likeness (QED) is 0.556. The van der Waals surface area contributed by atoms with E-state index in [1.807, 2.05) is 0 Å². The van der Waals surface area contributed by atoms with Gasteiger partial charge in [0.05, 0.1) is 12.9 Å². The van der Waals surface area contributed by atoms with Crippen LogP contribution in [-0.4, -0.2) is 26.6 Å². The molecule has 0 saturated heterocycles. The van der Waals surface area contributed by atoms with Gasteiger partial charge in [0.2, 0.25) is 0 Å². The molecule has 0 saturated carbocycles. The first kappa shape index (κ1) is 18.7. The highest BCUT2D eigenvalue weighted by molar-refractivity contribution is 8.14. The lowest BCUT2D eigenvalue weighted by molar-refractivity contribution is -0.134. The summed E-state index contributed by atoms with van der Waals surface area (Å²) in [7, 11) is 1.76. The van der Waals surface area contributed by atoms with Crippen molar-refractivity contribution in [3.63, 3.8) is 0 Å². The van der Waals surface area contributed by atoms with Gasteiger partial charge in [0.25, 0.3) is 0 Å². The number of rotatable bonds is 4. The van der Waals surface area contributed by atoms with Crippen LogP contribution in [0.15, 0.2) is 29.5 Å². The first-order valence-corrected chi connectivity index (χ1v) is 8.74. The fourth-order valence-electron chi connectivity index (χ4n) is 2.50. The van der Waals surface area contributed by atoms with E-state index in [-0.39, 0.29) is 18.7 Å². The highest BCUT2D eigenvalue weighted by atomic mass is 32.2. The molecule has 0 N–H and O–H groups in total. The molecular weight excluding hydrogens is 375 g/mol. The average Bonchev–Trinajstić information content (AvgIpc) is 2.93. The Balaban J connectivity index is 1.83. The highest BCUT2D eigenvalue weighted by Gasteiger charge is 2.28. The van der Waals surface area contributed by atoms with Crippen molar-refractivity contribution in [2.24, 2.45) is 12.0 Å². The van der Waals surface area contributed by atoms with E-state index in [0.29, 0.717) is 22.4 Å². The number of benzene rings is 1. The Morgan fingerprint density at radius 1 is 1.19 bits per heavy atom. The zero-order chi connectivity index (χ0) is 18.9. The molecular formula is C16H15F5N4S. The molecule has 140 valence electrons. The summed E-state index contributed by atoms with van der Waals surface area (Å²) in [6, 6.07) is 3.44. The Morgan fingerprint density at radius 3 is 2.65 bits per heavy atom. The fourth-order valence-corrected chi connectivity index (χ4v) is 3.44. The number of fused-ring (bicyclic) bond motifs is 1. The molecule has 1 aromatic carbocycles. The van der Waals surface area contributed by atoms with Crippen LogP contribution >= 0.6 is 11.8 Å². The number of anilines is 1. The number of aryl methyl sites for hydroxylation is 1. The minimum Gasteiger partial charge on any atom is -0.319 e. The molecule has 0 bridgehead atoms. The number of alkyl halides is 3. The first-order chi connectivity index (χ1) is 12.2. The van der Waals surface area contributed by atoms with E-state index in [2.05, 4.69) is 9.98 Å². The van der Waals surface area contributed by atoms with E-state index in [1.165, 1.54) is 6.07 Å². The second-order valence-corrected chi connectivity index (χ2v) is 6.83. The molecule has 0 aliphatic carbocycles. The Hall–Kier alpha value is -2.10. The third kappa shape index (κ3) is 4.17. The van der Waals surface area contributed by atoms with E-state index >= 15 is 0 Å². The summed E-state index contributed by atoms with van der Waals surface area (Å²) in [6.07, 6.45) is -3.56. The molecule has 1 aromatic heterocycles. The molecule has 1 aliphatic heterocycles. The van der Waals surface area contributed by atoms with Crippen molar-refractivity contribution in [1.82, 2.24) is 9.55 Å². The maximum Gasteiger partial charge on any atom is 0.389 e. The topological polar surface area (TPSA) is 33.4 Å². The Bertz CT molecular complexity index is 831. The molecule has 26 heavy (non-hydrogen) atoms. The largest absolute Gasteiger partial charge is 0.389 e. The third-order valence-corrected chi connectivity index (χ3v) is 4.83. The molecule has 3 rings (SSSR count). The van der Waals surface area contributed by atoms with Gasteiger partial charge in [0, 0.05) is 31.0 Å². The molecule has 0 atom stereocenters. The molecule has 0 spiro atoms. The Morgan fingerprint density at radius 2 is 1.96 bits per heavy atom. The van der Waals surface area contributed by atoms with Crippen LogP contribution < -0.4 is 4.90 Å². The van der Waals surface area contributed by atoms with Crippen LogP contribution in [0.5, 0.6) is 0 Å². The lowest BCUT2D eigenvalue weighted by atomic mass is 10.2. The molecule has 4 nitrogen and oxygen atoms in total. The normalized spacial score (nSPS) is 14.4. The lowest BCUT2D eigenvalue weighted by Crippen LogP contribution is -2.31. The van der Waals surface area contributed by atoms with Crippen LogP contribution in [0.2, 0.25) is 0 Å². The van der Waals surface area contributed by atoms with Gasteiger partial charge in [-0.25, -0.2) is 18.8 Å². The van der Waals surface area contributed by atoms with Crippen LogP contribution in [0.3, 0.4) is 0 Å². The van der Waals surface area contributed by atoms with Gasteiger partial charge < -0.3 is 9.47 Å². The SMILES string of the molecule is Cn1cnc2c1N=C(SCCCC(F)(F)F)N(c1ccc(F)c(F)c1)C2. The highest BCUT2D eigenvalue weighted by Crippen LogP contribution is 2.33. The van der Waals surface area contributed by atoms with Gasteiger partial charge in [-0.1, -0.05) is 11.8 Å². The van der Waals surface area contributed by atoms with Crippen molar-refractivity contribution in [1.29, 1.82) is 0 Å². The summed E-state index contributed by atoms with van der Waals surface area (Å²) < 4.78 is 65.5. The van der Waals surface area contributed by atoms with Crippen molar-refractivity contribution in [2.75, 3.05) is 10.7 Å². The van der Waals surface area contributed by atoms with Crippen molar-refractivity contribution in [3.05, 3.63) is 41.9 Å². The number of nitrogens with zero attached hydrogens (tertiary/aromatic N) is 4. The minimum atomic E-state index is -4.20. The molecule has 0 unspecified atom stereocenters. The van der Waals surface area contributed by atoms with Crippen LogP contribution in [0.4, 0.5) is 33.5 Å². The zero-order valence-electron chi connectivity index (χ0n) is 13.7. The van der Waals surface area contributed by atoms with Crippen molar-refractivity contribution in [2.45, 2.75) is 25.6 Å². The van der Waals surface area contributed by atoms with Gasteiger partial charge in [-0.15, -0.1) is 0 Å². The lowest BCUT2D eigenvalue weighted by Gasteiger charge is -2.28. The van der Waals surface area contributed by atoms with E-state index < -0.39 is 24.2 Å². The number of aliphatic imine (C=N–C) groups is 1. The predicted octanol–water partition coefficient (Wildman–Crippen LogP) is 4.78. The number of imidazole rings is 1. The summed E-state index contributed by atoms with van der Waals surface area (Å²) >= 11 is 1.15. The van der Waals surface area contributed by atoms with E-state index in [0.717, 1.165) is 23.9 Å². The maximum absolute atomic E-state index is 13.6. The zero-order valence-corrected chi connectivity index (χ0v) is 14.5. The maximum atomic E-state index is 13.6. The molecule has 10 heteroatoms. The van der Waals surface area contributed by atoms with Crippen molar-refractivity contribution < 1.29 is 22.0 Å². The summed E-state index contributed by atoms with van der Waals surface area (Å²) in [5.41, 5.74) is 1.01. The van der Waals surface area contributed by atoms with Gasteiger partial charge in [-0.3, -0.25) is 0 Å². The van der Waals surface area contributed by atoms with Crippen molar-refractivity contribution in [3.8, 4) is 0 Å². The Kier molecular flexibility index (Phi) is 5.22. The van der Waals surface area contributed by atoms with Gasteiger partial charge in [-0.05, 0) is 18.6 Å². The number of aromatic nitrogens is 2. The number of hydrogen-bond donors (Lipinski definition) is 0. The van der Waals surface area contributed by atoms with E-state index in [1.54, 1.807) is 22.8 Å². The molecule has 0 amide bonds. The van der Waals surface area contributed by atoms with E-state index in [9.17, 15) is 22.0 Å². The average molecular weight is 390 g/mol. The van der Waals surface area contributed by atoms with Gasteiger partial charge in [-0.2, -0.15) is 13.2 Å². The second-order valence-electron chi connectivity index (χ2n) is 5.77. The number of hydrogen-bond acceptors (Lipinski definition) is 4. The summed E-state index contributed by atoms with van der Waals surface area (Å²) in [5.74, 6) is -1.18. The number of halogens is 5. The fraction of sp³-hybridized carbons (Fsp3) is 0.375.